The molecular formula is C16H19N3O2. The number of benzene rings is 1. The molecule has 1 aromatic carbocycles. The molecule has 1 aliphatic heterocycles. The molecule has 5 nitrogen and oxygen atoms in total. The zero-order chi connectivity index (χ0) is 14.8. The Morgan fingerprint density at radius 3 is 2.48 bits per heavy atom. The van der Waals surface area contributed by atoms with Crippen LogP contribution >= 0.6 is 0 Å². The Labute approximate surface area is 123 Å². The van der Waals surface area contributed by atoms with Gasteiger partial charge in [0.25, 0.3) is 11.5 Å². The maximum atomic E-state index is 12.7. The van der Waals surface area contributed by atoms with Gasteiger partial charge in [0.2, 0.25) is 0 Å². The zero-order valence-corrected chi connectivity index (χ0v) is 12.2. The lowest BCUT2D eigenvalue weighted by atomic mass is 10.1. The summed E-state index contributed by atoms with van der Waals surface area (Å²) in [7, 11) is 0. The smallest absolute Gasteiger partial charge is 0.274 e. The molecule has 1 aliphatic rings. The van der Waals surface area contributed by atoms with Crippen molar-refractivity contribution in [1.29, 1.82) is 0 Å². The molecule has 5 heteroatoms. The van der Waals surface area contributed by atoms with Crippen LogP contribution in [0.5, 0.6) is 0 Å². The normalized spacial score (nSPS) is 15.4. The summed E-state index contributed by atoms with van der Waals surface area (Å²) >= 11 is 0. The van der Waals surface area contributed by atoms with Crippen molar-refractivity contribution in [2.45, 2.75) is 32.7 Å². The second kappa shape index (κ2) is 5.68. The number of aromatic nitrogens is 2. The van der Waals surface area contributed by atoms with E-state index in [0.29, 0.717) is 23.0 Å². The molecule has 1 amide bonds. The van der Waals surface area contributed by atoms with Gasteiger partial charge in [-0.15, -0.1) is 0 Å². The highest BCUT2D eigenvalue weighted by Crippen LogP contribution is 2.18. The Hall–Kier alpha value is -2.17. The third kappa shape index (κ3) is 2.44. The van der Waals surface area contributed by atoms with Gasteiger partial charge in [0.1, 0.15) is 0 Å². The first-order valence-electron chi connectivity index (χ1n) is 7.51. The first kappa shape index (κ1) is 13.8. The molecule has 0 spiro atoms. The average molecular weight is 285 g/mol. The second-order valence-corrected chi connectivity index (χ2v) is 5.37. The van der Waals surface area contributed by atoms with E-state index in [2.05, 4.69) is 5.10 Å². The first-order valence-corrected chi connectivity index (χ1v) is 7.51. The fourth-order valence-electron chi connectivity index (χ4n) is 2.85. The molecule has 0 atom stereocenters. The van der Waals surface area contributed by atoms with E-state index in [1.807, 2.05) is 24.0 Å². The minimum atomic E-state index is -0.136. The molecule has 110 valence electrons. The number of aryl methyl sites for hydroxylation is 1. The maximum Gasteiger partial charge on any atom is 0.274 e. The van der Waals surface area contributed by atoms with Gasteiger partial charge in [-0.25, -0.2) is 4.68 Å². The Bertz CT molecular complexity index is 730. The van der Waals surface area contributed by atoms with E-state index >= 15 is 0 Å². The molecule has 2 heterocycles. The van der Waals surface area contributed by atoms with Crippen LogP contribution in [0.1, 0.15) is 36.7 Å². The molecule has 1 saturated heterocycles. The van der Waals surface area contributed by atoms with Crippen LogP contribution in [0, 0.1) is 0 Å². The molecule has 1 fully saturated rings. The molecule has 3 rings (SSSR count). The van der Waals surface area contributed by atoms with Crippen LogP contribution in [-0.2, 0) is 6.54 Å². The molecule has 0 saturated carbocycles. The van der Waals surface area contributed by atoms with Crippen molar-refractivity contribution < 1.29 is 4.79 Å². The van der Waals surface area contributed by atoms with E-state index in [4.69, 9.17) is 0 Å². The largest absolute Gasteiger partial charge is 0.337 e. The molecule has 1 aromatic heterocycles. The van der Waals surface area contributed by atoms with E-state index in [-0.39, 0.29) is 11.5 Å². The zero-order valence-electron chi connectivity index (χ0n) is 12.2. The Morgan fingerprint density at radius 2 is 1.81 bits per heavy atom. The summed E-state index contributed by atoms with van der Waals surface area (Å²) in [6.45, 7) is 3.88. The van der Waals surface area contributed by atoms with Gasteiger partial charge in [0, 0.05) is 25.0 Å². The van der Waals surface area contributed by atoms with Crippen molar-refractivity contribution in [1.82, 2.24) is 14.7 Å². The predicted octanol–water partition coefficient (Wildman–Crippen LogP) is 2.04. The highest BCUT2D eigenvalue weighted by atomic mass is 16.2. The van der Waals surface area contributed by atoms with Crippen LogP contribution in [-0.4, -0.2) is 33.7 Å². The van der Waals surface area contributed by atoms with Gasteiger partial charge in [-0.05, 0) is 32.3 Å². The topological polar surface area (TPSA) is 55.2 Å². The second-order valence-electron chi connectivity index (χ2n) is 5.37. The number of hydrogen-bond acceptors (Lipinski definition) is 3. The predicted molar refractivity (Wildman–Crippen MR) is 81.4 cm³/mol. The minimum absolute atomic E-state index is 0.0619. The Balaban J connectivity index is 2.15. The van der Waals surface area contributed by atoms with Crippen LogP contribution in [0.2, 0.25) is 0 Å². The first-order chi connectivity index (χ1) is 10.2. The molecule has 0 N–H and O–H groups in total. The van der Waals surface area contributed by atoms with Crippen LogP contribution in [0.4, 0.5) is 0 Å². The summed E-state index contributed by atoms with van der Waals surface area (Å²) in [4.78, 5) is 26.9. The van der Waals surface area contributed by atoms with Gasteiger partial charge in [-0.1, -0.05) is 18.2 Å². The van der Waals surface area contributed by atoms with Crippen molar-refractivity contribution >= 4 is 16.7 Å². The van der Waals surface area contributed by atoms with Gasteiger partial charge in [-0.2, -0.15) is 5.10 Å². The number of hydrogen-bond donors (Lipinski definition) is 0. The molecular weight excluding hydrogens is 266 g/mol. The number of piperidine rings is 1. The summed E-state index contributed by atoms with van der Waals surface area (Å²) in [5.41, 5.74) is 0.261. The van der Waals surface area contributed by atoms with Crippen molar-refractivity contribution in [2.24, 2.45) is 0 Å². The van der Waals surface area contributed by atoms with E-state index < -0.39 is 0 Å². The van der Waals surface area contributed by atoms with Crippen molar-refractivity contribution in [3.63, 3.8) is 0 Å². The average Bonchev–Trinajstić information content (AvgIpc) is 2.56. The minimum Gasteiger partial charge on any atom is -0.337 e. The summed E-state index contributed by atoms with van der Waals surface area (Å²) in [6.07, 6.45) is 3.25. The third-order valence-corrected chi connectivity index (χ3v) is 4.01. The fraction of sp³-hybridized carbons (Fsp3) is 0.438. The number of fused-ring (bicyclic) bond motifs is 1. The lowest BCUT2D eigenvalue weighted by molar-refractivity contribution is 0.0718. The third-order valence-electron chi connectivity index (χ3n) is 4.01. The number of rotatable bonds is 2. The number of amides is 1. The summed E-state index contributed by atoms with van der Waals surface area (Å²) < 4.78 is 1.37. The SMILES string of the molecule is CCn1nc(C(=O)N2CCCCC2)c2ccccc2c1=O. The maximum absolute atomic E-state index is 12.7. The lowest BCUT2D eigenvalue weighted by Gasteiger charge is -2.26. The Morgan fingerprint density at radius 1 is 1.14 bits per heavy atom. The summed E-state index contributed by atoms with van der Waals surface area (Å²) in [6, 6.07) is 7.23. The van der Waals surface area contributed by atoms with Crippen LogP contribution < -0.4 is 5.56 Å². The van der Waals surface area contributed by atoms with E-state index in [1.54, 1.807) is 12.1 Å². The molecule has 0 bridgehead atoms. The number of nitrogens with zero attached hydrogens (tertiary/aromatic N) is 3. The molecule has 0 aliphatic carbocycles. The quantitative estimate of drug-likeness (QED) is 0.848. The standard InChI is InChI=1S/C16H19N3O2/c1-2-19-15(20)13-9-5-4-8-12(13)14(17-19)16(21)18-10-6-3-7-11-18/h4-5,8-9H,2-3,6-7,10-11H2,1H3. The molecule has 21 heavy (non-hydrogen) atoms. The van der Waals surface area contributed by atoms with Crippen LogP contribution in [0.25, 0.3) is 10.8 Å². The van der Waals surface area contributed by atoms with E-state index in [9.17, 15) is 9.59 Å². The summed E-state index contributed by atoms with van der Waals surface area (Å²) in [5.74, 6) is -0.0619. The Kier molecular flexibility index (Phi) is 3.73. The lowest BCUT2D eigenvalue weighted by Crippen LogP contribution is -2.37. The van der Waals surface area contributed by atoms with Crippen LogP contribution in [0.15, 0.2) is 29.1 Å². The monoisotopic (exact) mass is 285 g/mol. The highest BCUT2D eigenvalue weighted by Gasteiger charge is 2.23. The van der Waals surface area contributed by atoms with Crippen molar-refractivity contribution in [3.05, 3.63) is 40.3 Å². The van der Waals surface area contributed by atoms with Crippen molar-refractivity contribution in [2.75, 3.05) is 13.1 Å². The van der Waals surface area contributed by atoms with Crippen molar-refractivity contribution in [3.8, 4) is 0 Å². The van der Waals surface area contributed by atoms with Gasteiger partial charge in [-0.3, -0.25) is 9.59 Å². The van der Waals surface area contributed by atoms with Gasteiger partial charge < -0.3 is 4.90 Å². The molecule has 0 radical (unpaired) electrons. The number of carbonyl (C=O) groups is 1. The molecule has 0 unspecified atom stereocenters. The van der Waals surface area contributed by atoms with Crippen LogP contribution in [0.3, 0.4) is 0 Å². The highest BCUT2D eigenvalue weighted by molar-refractivity contribution is 6.04. The van der Waals surface area contributed by atoms with Gasteiger partial charge >= 0.3 is 0 Å². The fourth-order valence-corrected chi connectivity index (χ4v) is 2.85. The summed E-state index contributed by atoms with van der Waals surface area (Å²) in [5, 5.41) is 5.53. The molecule has 2 aromatic rings. The number of likely N-dealkylation sites (tertiary alicyclic amines) is 1. The van der Waals surface area contributed by atoms with E-state index in [1.165, 1.54) is 11.1 Å². The van der Waals surface area contributed by atoms with Gasteiger partial charge in [0.15, 0.2) is 5.69 Å². The van der Waals surface area contributed by atoms with Gasteiger partial charge in [0.05, 0.1) is 5.39 Å². The van der Waals surface area contributed by atoms with E-state index in [0.717, 1.165) is 25.9 Å². The number of carbonyl (C=O) groups excluding carboxylic acids is 1.